The van der Waals surface area contributed by atoms with Crippen molar-refractivity contribution in [1.82, 2.24) is 0 Å². The maximum atomic E-state index is 2.48. The minimum Gasteiger partial charge on any atom is -0.0620 e. The van der Waals surface area contributed by atoms with Crippen molar-refractivity contribution in [2.45, 2.75) is 40.5 Å². The molecule has 3 rings (SSSR count). The van der Waals surface area contributed by atoms with Gasteiger partial charge in [-0.15, -0.1) is 0 Å². The molecule has 0 aromatic rings. The molecule has 0 aliphatic heterocycles. The molecule has 0 aromatic heterocycles. The van der Waals surface area contributed by atoms with E-state index in [1.54, 1.807) is 0 Å². The van der Waals surface area contributed by atoms with E-state index in [2.05, 4.69) is 27.7 Å². The lowest BCUT2D eigenvalue weighted by Gasteiger charge is -2.53. The van der Waals surface area contributed by atoms with Gasteiger partial charge < -0.3 is 0 Å². The third kappa shape index (κ3) is 0.963. The van der Waals surface area contributed by atoms with Gasteiger partial charge in [0.05, 0.1) is 0 Å². The molecule has 3 aliphatic carbocycles. The van der Waals surface area contributed by atoms with Crippen LogP contribution in [0.4, 0.5) is 0 Å². The number of hydrogen-bond donors (Lipinski definition) is 0. The van der Waals surface area contributed by atoms with E-state index in [4.69, 9.17) is 0 Å². The maximum Gasteiger partial charge on any atom is -0.0357 e. The molecular formula is C12H22. The number of fused-ring (bicyclic) bond motifs is 3. The molecule has 0 amide bonds. The summed E-state index contributed by atoms with van der Waals surface area (Å²) in [6.45, 7) is 9.90. The summed E-state index contributed by atoms with van der Waals surface area (Å²) in [5.74, 6) is 6.06. The predicted octanol–water partition coefficient (Wildman–Crippen LogP) is 3.57. The van der Waals surface area contributed by atoms with Gasteiger partial charge in [0.1, 0.15) is 0 Å². The highest BCUT2D eigenvalue weighted by molar-refractivity contribution is 4.95. The molecule has 4 unspecified atom stereocenters. The summed E-state index contributed by atoms with van der Waals surface area (Å²) >= 11 is 0. The summed E-state index contributed by atoms with van der Waals surface area (Å²) in [6.07, 6.45) is 3.03. The first-order valence-corrected chi connectivity index (χ1v) is 5.63. The molecule has 4 atom stereocenters. The van der Waals surface area contributed by atoms with E-state index in [1.165, 1.54) is 12.8 Å². The van der Waals surface area contributed by atoms with Crippen LogP contribution in [0.2, 0.25) is 0 Å². The molecular weight excluding hydrogens is 144 g/mol. The maximum absolute atomic E-state index is 2.48. The zero-order valence-corrected chi connectivity index (χ0v) is 8.88. The van der Waals surface area contributed by atoms with Crippen LogP contribution in [0, 0.1) is 35.5 Å². The third-order valence-corrected chi connectivity index (χ3v) is 5.19. The zero-order valence-electron chi connectivity index (χ0n) is 8.88. The smallest absolute Gasteiger partial charge is 0.0357 e. The van der Waals surface area contributed by atoms with Crippen molar-refractivity contribution < 1.29 is 0 Å². The molecule has 3 saturated carbocycles. The molecule has 0 aromatic carbocycles. The molecule has 12 heavy (non-hydrogen) atoms. The van der Waals surface area contributed by atoms with Crippen LogP contribution in [-0.2, 0) is 0 Å². The fourth-order valence-electron chi connectivity index (χ4n) is 3.95. The molecule has 2 bridgehead atoms. The Morgan fingerprint density at radius 3 is 1.08 bits per heavy atom. The molecule has 0 saturated heterocycles. The first kappa shape index (κ1) is 8.59. The Hall–Kier alpha value is 0. The van der Waals surface area contributed by atoms with Gasteiger partial charge in [-0.3, -0.25) is 0 Å². The van der Waals surface area contributed by atoms with Crippen LogP contribution in [0.25, 0.3) is 0 Å². The summed E-state index contributed by atoms with van der Waals surface area (Å²) in [5, 5.41) is 0. The van der Waals surface area contributed by atoms with Gasteiger partial charge in [0.15, 0.2) is 0 Å². The van der Waals surface area contributed by atoms with E-state index in [0.717, 1.165) is 35.5 Å². The van der Waals surface area contributed by atoms with Gasteiger partial charge in [-0.05, 0) is 48.3 Å². The summed E-state index contributed by atoms with van der Waals surface area (Å²) in [7, 11) is 0. The Balaban J connectivity index is 2.23. The molecule has 0 N–H and O–H groups in total. The molecule has 3 fully saturated rings. The lowest BCUT2D eigenvalue weighted by atomic mass is 9.52. The first-order chi connectivity index (χ1) is 5.63. The second kappa shape index (κ2) is 2.75. The van der Waals surface area contributed by atoms with E-state index in [9.17, 15) is 0 Å². The highest BCUT2D eigenvalue weighted by atomic mass is 14.5. The standard InChI is InChI=1S/C12H22/c1-7-8(2)12-6-5-11(7)9(3)10(12)4/h7-12H,5-6H2,1-4H3. The van der Waals surface area contributed by atoms with Crippen LogP contribution in [0.15, 0.2) is 0 Å². The Morgan fingerprint density at radius 1 is 0.583 bits per heavy atom. The predicted molar refractivity (Wildman–Crippen MR) is 52.9 cm³/mol. The van der Waals surface area contributed by atoms with Gasteiger partial charge in [-0.1, -0.05) is 27.7 Å². The Labute approximate surface area is 76.7 Å². The summed E-state index contributed by atoms with van der Waals surface area (Å²) in [6, 6.07) is 0. The number of rotatable bonds is 0. The van der Waals surface area contributed by atoms with Crippen LogP contribution >= 0.6 is 0 Å². The van der Waals surface area contributed by atoms with Gasteiger partial charge in [-0.25, -0.2) is 0 Å². The van der Waals surface area contributed by atoms with E-state index in [1.807, 2.05) is 0 Å². The van der Waals surface area contributed by atoms with Gasteiger partial charge >= 0.3 is 0 Å². The third-order valence-electron chi connectivity index (χ3n) is 5.19. The normalized spacial score (nSPS) is 59.0. The minimum atomic E-state index is 0.995. The molecule has 0 radical (unpaired) electrons. The average Bonchev–Trinajstić information content (AvgIpc) is 2.05. The molecule has 3 aliphatic rings. The SMILES string of the molecule is CC1C(C)C2CCC1C(C)C2C. The van der Waals surface area contributed by atoms with Gasteiger partial charge in [0.25, 0.3) is 0 Å². The second-order valence-corrected chi connectivity index (χ2v) is 5.34. The lowest BCUT2D eigenvalue weighted by Crippen LogP contribution is -2.47. The average molecular weight is 166 g/mol. The van der Waals surface area contributed by atoms with Crippen molar-refractivity contribution in [1.29, 1.82) is 0 Å². The molecule has 0 heterocycles. The fraction of sp³-hybridized carbons (Fsp3) is 1.00. The topological polar surface area (TPSA) is 0 Å². The first-order valence-electron chi connectivity index (χ1n) is 5.63. The van der Waals surface area contributed by atoms with Crippen molar-refractivity contribution in [2.24, 2.45) is 35.5 Å². The van der Waals surface area contributed by atoms with Gasteiger partial charge in [0, 0.05) is 0 Å². The lowest BCUT2D eigenvalue weighted by molar-refractivity contribution is -0.0466. The van der Waals surface area contributed by atoms with Crippen molar-refractivity contribution >= 4 is 0 Å². The molecule has 0 nitrogen and oxygen atoms in total. The van der Waals surface area contributed by atoms with Crippen molar-refractivity contribution in [2.75, 3.05) is 0 Å². The van der Waals surface area contributed by atoms with E-state index in [-0.39, 0.29) is 0 Å². The van der Waals surface area contributed by atoms with Crippen LogP contribution in [0.3, 0.4) is 0 Å². The van der Waals surface area contributed by atoms with E-state index >= 15 is 0 Å². The molecule has 70 valence electrons. The zero-order chi connectivity index (χ0) is 8.88. The van der Waals surface area contributed by atoms with Gasteiger partial charge in [-0.2, -0.15) is 0 Å². The highest BCUT2D eigenvalue weighted by Crippen LogP contribution is 2.53. The Morgan fingerprint density at radius 2 is 0.833 bits per heavy atom. The van der Waals surface area contributed by atoms with Gasteiger partial charge in [0.2, 0.25) is 0 Å². The van der Waals surface area contributed by atoms with Crippen molar-refractivity contribution in [3.63, 3.8) is 0 Å². The highest BCUT2D eigenvalue weighted by Gasteiger charge is 2.46. The Kier molecular flexibility index (Phi) is 1.97. The van der Waals surface area contributed by atoms with Crippen molar-refractivity contribution in [3.8, 4) is 0 Å². The van der Waals surface area contributed by atoms with Crippen LogP contribution < -0.4 is 0 Å². The van der Waals surface area contributed by atoms with Crippen LogP contribution in [-0.4, -0.2) is 0 Å². The summed E-state index contributed by atoms with van der Waals surface area (Å²) in [4.78, 5) is 0. The van der Waals surface area contributed by atoms with Crippen LogP contribution in [0.5, 0.6) is 0 Å². The summed E-state index contributed by atoms with van der Waals surface area (Å²) in [5.41, 5.74) is 0. The second-order valence-electron chi connectivity index (χ2n) is 5.34. The largest absolute Gasteiger partial charge is 0.0620 e. The number of hydrogen-bond acceptors (Lipinski definition) is 0. The quantitative estimate of drug-likeness (QED) is 0.516. The minimum absolute atomic E-state index is 0.995. The van der Waals surface area contributed by atoms with Crippen molar-refractivity contribution in [3.05, 3.63) is 0 Å². The molecule has 0 spiro atoms. The van der Waals surface area contributed by atoms with Crippen LogP contribution in [0.1, 0.15) is 40.5 Å². The molecule has 0 heteroatoms. The fourth-order valence-corrected chi connectivity index (χ4v) is 3.95. The van der Waals surface area contributed by atoms with E-state index < -0.39 is 0 Å². The summed E-state index contributed by atoms with van der Waals surface area (Å²) < 4.78 is 0. The monoisotopic (exact) mass is 166 g/mol. The Bertz CT molecular complexity index is 137. The van der Waals surface area contributed by atoms with E-state index in [0.29, 0.717) is 0 Å².